The molecule has 1 heterocycles. The van der Waals surface area contributed by atoms with Gasteiger partial charge >= 0.3 is 5.97 Å². The summed E-state index contributed by atoms with van der Waals surface area (Å²) in [6.45, 7) is 1.57. The van der Waals surface area contributed by atoms with E-state index < -0.39 is 17.8 Å². The molecule has 2 rings (SSSR count). The second kappa shape index (κ2) is 3.86. The van der Waals surface area contributed by atoms with Gasteiger partial charge in [0.25, 0.3) is 11.8 Å². The van der Waals surface area contributed by atoms with Crippen LogP contribution in [0.25, 0.3) is 0 Å². The standard InChI is InChI=1S/C12H9NO4/c1-7-8(12(16)17)3-2-4-9(7)13-10(14)5-6-11(13)15/h2-6H,1H3,(H,16,17). The van der Waals surface area contributed by atoms with Gasteiger partial charge in [-0.15, -0.1) is 0 Å². The second-order valence-corrected chi connectivity index (χ2v) is 3.60. The van der Waals surface area contributed by atoms with Crippen LogP contribution in [-0.2, 0) is 9.59 Å². The highest BCUT2D eigenvalue weighted by Gasteiger charge is 2.27. The predicted octanol–water partition coefficient (Wildman–Crippen LogP) is 1.12. The maximum atomic E-state index is 11.5. The monoisotopic (exact) mass is 231 g/mol. The smallest absolute Gasteiger partial charge is 0.336 e. The average molecular weight is 231 g/mol. The summed E-state index contributed by atoms with van der Waals surface area (Å²) < 4.78 is 0. The molecule has 0 fully saturated rings. The number of hydrogen-bond acceptors (Lipinski definition) is 3. The van der Waals surface area contributed by atoms with E-state index in [-0.39, 0.29) is 5.56 Å². The van der Waals surface area contributed by atoms with Gasteiger partial charge in [-0.1, -0.05) is 6.07 Å². The molecule has 0 saturated heterocycles. The Hall–Kier alpha value is -2.43. The Bertz CT molecular complexity index is 542. The van der Waals surface area contributed by atoms with Crippen LogP contribution in [0.4, 0.5) is 5.69 Å². The molecule has 17 heavy (non-hydrogen) atoms. The van der Waals surface area contributed by atoms with Gasteiger partial charge in [0.15, 0.2) is 0 Å². The maximum absolute atomic E-state index is 11.5. The Balaban J connectivity index is 2.54. The van der Waals surface area contributed by atoms with Crippen molar-refractivity contribution in [2.45, 2.75) is 6.92 Å². The summed E-state index contributed by atoms with van der Waals surface area (Å²) in [7, 11) is 0. The Morgan fingerprint density at radius 3 is 2.29 bits per heavy atom. The molecule has 1 aliphatic rings. The molecular formula is C12H9NO4. The molecule has 2 amide bonds. The van der Waals surface area contributed by atoms with Crippen LogP contribution in [0.2, 0.25) is 0 Å². The molecule has 86 valence electrons. The minimum atomic E-state index is -1.09. The summed E-state index contributed by atoms with van der Waals surface area (Å²) in [5, 5.41) is 8.96. The summed E-state index contributed by atoms with van der Waals surface area (Å²) >= 11 is 0. The lowest BCUT2D eigenvalue weighted by molar-refractivity contribution is -0.120. The zero-order chi connectivity index (χ0) is 12.6. The van der Waals surface area contributed by atoms with Crippen molar-refractivity contribution in [2.75, 3.05) is 4.90 Å². The number of aromatic carboxylic acids is 1. The summed E-state index contributed by atoms with van der Waals surface area (Å²) in [6.07, 6.45) is 2.32. The van der Waals surface area contributed by atoms with Crippen molar-refractivity contribution in [3.63, 3.8) is 0 Å². The molecule has 0 saturated carbocycles. The molecule has 0 aromatic heterocycles. The number of imide groups is 1. The van der Waals surface area contributed by atoms with Gasteiger partial charge in [0, 0.05) is 12.2 Å². The van der Waals surface area contributed by atoms with Gasteiger partial charge in [0.1, 0.15) is 0 Å². The van der Waals surface area contributed by atoms with Crippen LogP contribution in [0.5, 0.6) is 0 Å². The lowest BCUT2D eigenvalue weighted by Crippen LogP contribution is -2.30. The predicted molar refractivity (Wildman–Crippen MR) is 59.8 cm³/mol. The molecule has 0 spiro atoms. The summed E-state index contributed by atoms with van der Waals surface area (Å²) in [4.78, 5) is 34.9. The van der Waals surface area contributed by atoms with Crippen molar-refractivity contribution in [1.29, 1.82) is 0 Å². The number of benzene rings is 1. The van der Waals surface area contributed by atoms with Crippen molar-refractivity contribution in [3.05, 3.63) is 41.5 Å². The Labute approximate surface area is 97.0 Å². The fourth-order valence-electron chi connectivity index (χ4n) is 1.74. The first-order chi connectivity index (χ1) is 8.02. The Morgan fingerprint density at radius 2 is 1.76 bits per heavy atom. The number of hydrogen-bond donors (Lipinski definition) is 1. The van der Waals surface area contributed by atoms with Crippen LogP contribution < -0.4 is 4.90 Å². The fourth-order valence-corrected chi connectivity index (χ4v) is 1.74. The van der Waals surface area contributed by atoms with Gasteiger partial charge in [0.2, 0.25) is 0 Å². The summed E-state index contributed by atoms with van der Waals surface area (Å²) in [5.74, 6) is -2.00. The van der Waals surface area contributed by atoms with Crippen molar-refractivity contribution in [3.8, 4) is 0 Å². The second-order valence-electron chi connectivity index (χ2n) is 3.60. The first-order valence-electron chi connectivity index (χ1n) is 4.91. The quantitative estimate of drug-likeness (QED) is 0.774. The van der Waals surface area contributed by atoms with E-state index in [0.29, 0.717) is 11.3 Å². The minimum absolute atomic E-state index is 0.0787. The molecule has 5 heteroatoms. The Kier molecular flexibility index (Phi) is 2.51. The number of rotatable bonds is 2. The van der Waals surface area contributed by atoms with Gasteiger partial charge in [0.05, 0.1) is 11.3 Å². The number of carbonyl (C=O) groups is 3. The van der Waals surface area contributed by atoms with Gasteiger partial charge in [-0.25, -0.2) is 9.69 Å². The molecule has 1 aliphatic heterocycles. The molecule has 0 radical (unpaired) electrons. The van der Waals surface area contributed by atoms with E-state index in [2.05, 4.69) is 0 Å². The molecule has 1 aromatic carbocycles. The molecular weight excluding hydrogens is 222 g/mol. The number of amides is 2. The van der Waals surface area contributed by atoms with Crippen molar-refractivity contribution >= 4 is 23.5 Å². The highest BCUT2D eigenvalue weighted by Crippen LogP contribution is 2.25. The van der Waals surface area contributed by atoms with E-state index in [1.165, 1.54) is 12.1 Å². The molecule has 0 unspecified atom stereocenters. The first-order valence-corrected chi connectivity index (χ1v) is 4.91. The van der Waals surface area contributed by atoms with Crippen molar-refractivity contribution in [1.82, 2.24) is 0 Å². The van der Waals surface area contributed by atoms with Crippen LogP contribution in [0.15, 0.2) is 30.4 Å². The third-order valence-corrected chi connectivity index (χ3v) is 2.59. The topological polar surface area (TPSA) is 74.7 Å². The average Bonchev–Trinajstić information content (AvgIpc) is 2.59. The van der Waals surface area contributed by atoms with E-state index in [0.717, 1.165) is 17.1 Å². The molecule has 5 nitrogen and oxygen atoms in total. The van der Waals surface area contributed by atoms with Crippen LogP contribution in [0.3, 0.4) is 0 Å². The zero-order valence-corrected chi connectivity index (χ0v) is 9.01. The highest BCUT2D eigenvalue weighted by atomic mass is 16.4. The van der Waals surface area contributed by atoms with Crippen LogP contribution in [-0.4, -0.2) is 22.9 Å². The number of anilines is 1. The molecule has 1 aromatic rings. The summed E-state index contributed by atoms with van der Waals surface area (Å²) in [5.41, 5.74) is 0.783. The van der Waals surface area contributed by atoms with E-state index in [1.807, 2.05) is 0 Å². The Morgan fingerprint density at radius 1 is 1.18 bits per heavy atom. The first kappa shape index (κ1) is 11.1. The highest BCUT2D eigenvalue weighted by molar-refractivity contribution is 6.28. The van der Waals surface area contributed by atoms with Gasteiger partial charge < -0.3 is 5.11 Å². The lowest BCUT2D eigenvalue weighted by Gasteiger charge is -2.17. The number of carbonyl (C=O) groups excluding carboxylic acids is 2. The van der Waals surface area contributed by atoms with E-state index >= 15 is 0 Å². The number of carboxylic acids is 1. The minimum Gasteiger partial charge on any atom is -0.478 e. The van der Waals surface area contributed by atoms with E-state index in [9.17, 15) is 14.4 Å². The number of nitrogens with zero attached hydrogens (tertiary/aromatic N) is 1. The lowest BCUT2D eigenvalue weighted by atomic mass is 10.1. The van der Waals surface area contributed by atoms with Crippen LogP contribution >= 0.6 is 0 Å². The molecule has 1 N–H and O–H groups in total. The third kappa shape index (κ3) is 1.71. The fraction of sp³-hybridized carbons (Fsp3) is 0.0833. The third-order valence-electron chi connectivity index (χ3n) is 2.59. The number of carboxylic acid groups (broad SMARTS) is 1. The van der Waals surface area contributed by atoms with Crippen molar-refractivity contribution in [2.24, 2.45) is 0 Å². The largest absolute Gasteiger partial charge is 0.478 e. The molecule has 0 aliphatic carbocycles. The van der Waals surface area contributed by atoms with E-state index in [1.54, 1.807) is 13.0 Å². The van der Waals surface area contributed by atoms with Gasteiger partial charge in [-0.05, 0) is 24.6 Å². The molecule has 0 bridgehead atoms. The van der Waals surface area contributed by atoms with Crippen LogP contribution in [0, 0.1) is 6.92 Å². The SMILES string of the molecule is Cc1c(C(=O)O)cccc1N1C(=O)C=CC1=O. The summed E-state index contributed by atoms with van der Waals surface area (Å²) in [6, 6.07) is 4.48. The van der Waals surface area contributed by atoms with Gasteiger partial charge in [-0.2, -0.15) is 0 Å². The van der Waals surface area contributed by atoms with E-state index in [4.69, 9.17) is 5.11 Å². The maximum Gasteiger partial charge on any atom is 0.336 e. The van der Waals surface area contributed by atoms with Crippen molar-refractivity contribution < 1.29 is 19.5 Å². The van der Waals surface area contributed by atoms with Gasteiger partial charge in [-0.3, -0.25) is 9.59 Å². The normalized spacial score (nSPS) is 14.5. The van der Waals surface area contributed by atoms with Crippen LogP contribution in [0.1, 0.15) is 15.9 Å². The zero-order valence-electron chi connectivity index (χ0n) is 9.01. The molecule has 0 atom stereocenters.